The van der Waals surface area contributed by atoms with E-state index in [0.29, 0.717) is 39.5 Å². The molecule has 0 unspecified atom stereocenters. The Hall–Kier alpha value is -4.08. The largest absolute Gasteiger partial charge is 0.493 e. The number of methoxy groups -OCH3 is 1. The van der Waals surface area contributed by atoms with E-state index in [1.807, 2.05) is 24.3 Å². The SMILES string of the molecule is COc1ccccc1OCc1c(C(=O)Nc2ccc(N3CCCCC3)c3nonc23)noc1C. The van der Waals surface area contributed by atoms with Crippen molar-refractivity contribution in [1.82, 2.24) is 15.5 Å². The van der Waals surface area contributed by atoms with Crippen molar-refractivity contribution in [1.29, 1.82) is 0 Å². The van der Waals surface area contributed by atoms with Gasteiger partial charge in [0, 0.05) is 13.1 Å². The lowest BCUT2D eigenvalue weighted by Crippen LogP contribution is -2.29. The van der Waals surface area contributed by atoms with Crippen LogP contribution in [0.1, 0.15) is 41.1 Å². The molecule has 0 aliphatic carbocycles. The average Bonchev–Trinajstić information content (AvgIpc) is 3.51. The van der Waals surface area contributed by atoms with Gasteiger partial charge in [-0.25, -0.2) is 4.63 Å². The van der Waals surface area contributed by atoms with E-state index in [9.17, 15) is 4.79 Å². The van der Waals surface area contributed by atoms with E-state index in [1.165, 1.54) is 6.42 Å². The van der Waals surface area contributed by atoms with Crippen LogP contribution >= 0.6 is 0 Å². The van der Waals surface area contributed by atoms with E-state index in [1.54, 1.807) is 26.2 Å². The molecule has 2 aromatic heterocycles. The number of benzene rings is 2. The van der Waals surface area contributed by atoms with E-state index in [0.717, 1.165) is 31.6 Å². The van der Waals surface area contributed by atoms with Gasteiger partial charge in [0.05, 0.1) is 24.0 Å². The van der Waals surface area contributed by atoms with Crippen molar-refractivity contribution < 1.29 is 23.4 Å². The van der Waals surface area contributed by atoms with Crippen molar-refractivity contribution in [3.63, 3.8) is 0 Å². The number of para-hydroxylation sites is 2. The van der Waals surface area contributed by atoms with Crippen molar-refractivity contribution in [2.45, 2.75) is 32.8 Å². The van der Waals surface area contributed by atoms with Gasteiger partial charge in [0.15, 0.2) is 28.2 Å². The Morgan fingerprint density at radius 1 is 1.03 bits per heavy atom. The Balaban J connectivity index is 1.37. The lowest BCUT2D eigenvalue weighted by atomic mass is 10.1. The fourth-order valence-corrected chi connectivity index (χ4v) is 4.15. The number of carbonyl (C=O) groups excluding carboxylic acids is 1. The molecule has 10 heteroatoms. The molecule has 5 rings (SSSR count). The van der Waals surface area contributed by atoms with E-state index in [2.05, 4.69) is 25.7 Å². The zero-order valence-corrected chi connectivity index (χ0v) is 19.0. The molecule has 34 heavy (non-hydrogen) atoms. The predicted molar refractivity (Wildman–Crippen MR) is 124 cm³/mol. The molecule has 2 aromatic carbocycles. The number of carbonyl (C=O) groups is 1. The molecule has 176 valence electrons. The van der Waals surface area contributed by atoms with Crippen LogP contribution in [0.2, 0.25) is 0 Å². The first kappa shape index (κ1) is 21.7. The second kappa shape index (κ2) is 9.42. The third kappa shape index (κ3) is 4.14. The van der Waals surface area contributed by atoms with Gasteiger partial charge in [-0.1, -0.05) is 17.3 Å². The van der Waals surface area contributed by atoms with Crippen LogP contribution in [0.15, 0.2) is 45.6 Å². The van der Waals surface area contributed by atoms with Gasteiger partial charge in [0.2, 0.25) is 0 Å². The number of fused-ring (bicyclic) bond motifs is 1. The Morgan fingerprint density at radius 2 is 1.79 bits per heavy atom. The van der Waals surface area contributed by atoms with Crippen molar-refractivity contribution >= 4 is 28.3 Å². The standard InChI is InChI=1S/C24H25N5O5/c1-15-16(14-32-20-9-5-4-8-19(20)31-2)21(26-33-15)24(30)25-17-10-11-18(23-22(17)27-34-28-23)29-12-6-3-7-13-29/h4-5,8-11H,3,6-7,12-14H2,1-2H3,(H,25,30). The molecule has 1 aliphatic rings. The maximum absolute atomic E-state index is 13.1. The summed E-state index contributed by atoms with van der Waals surface area (Å²) in [5.41, 5.74) is 3.23. The first-order chi connectivity index (χ1) is 16.7. The predicted octanol–water partition coefficient (Wildman–Crippen LogP) is 4.35. The molecule has 3 heterocycles. The molecule has 4 aromatic rings. The summed E-state index contributed by atoms with van der Waals surface area (Å²) in [6, 6.07) is 11.0. The Morgan fingerprint density at radius 3 is 2.59 bits per heavy atom. The summed E-state index contributed by atoms with van der Waals surface area (Å²) in [7, 11) is 1.57. The fraction of sp³-hybridized carbons (Fsp3) is 0.333. The Kier molecular flexibility index (Phi) is 6.03. The quantitative estimate of drug-likeness (QED) is 0.427. The molecule has 1 fully saturated rings. The van der Waals surface area contributed by atoms with Crippen LogP contribution in [0.25, 0.3) is 11.0 Å². The van der Waals surface area contributed by atoms with Gasteiger partial charge in [0.1, 0.15) is 12.4 Å². The van der Waals surface area contributed by atoms with Gasteiger partial charge in [-0.2, -0.15) is 0 Å². The van der Waals surface area contributed by atoms with E-state index < -0.39 is 5.91 Å². The number of rotatable bonds is 7. The van der Waals surface area contributed by atoms with Gasteiger partial charge in [-0.15, -0.1) is 0 Å². The molecule has 0 bridgehead atoms. The molecular formula is C24H25N5O5. The van der Waals surface area contributed by atoms with Crippen molar-refractivity contribution in [2.75, 3.05) is 30.4 Å². The van der Waals surface area contributed by atoms with Crippen LogP contribution in [-0.2, 0) is 6.61 Å². The van der Waals surface area contributed by atoms with Crippen LogP contribution in [-0.4, -0.2) is 41.6 Å². The summed E-state index contributed by atoms with van der Waals surface area (Å²) in [5, 5.41) is 15.0. The van der Waals surface area contributed by atoms with Gasteiger partial charge in [-0.3, -0.25) is 4.79 Å². The first-order valence-corrected chi connectivity index (χ1v) is 11.2. The summed E-state index contributed by atoms with van der Waals surface area (Å²) in [6.45, 7) is 3.74. The van der Waals surface area contributed by atoms with Crippen LogP contribution < -0.4 is 19.7 Å². The number of aromatic nitrogens is 3. The lowest BCUT2D eigenvalue weighted by molar-refractivity contribution is 0.101. The molecule has 1 aliphatic heterocycles. The second-order valence-corrected chi connectivity index (χ2v) is 8.10. The molecule has 0 atom stereocenters. The normalized spacial score (nSPS) is 13.8. The van der Waals surface area contributed by atoms with Crippen molar-refractivity contribution in [2.24, 2.45) is 0 Å². The lowest BCUT2D eigenvalue weighted by Gasteiger charge is -2.28. The molecule has 1 N–H and O–H groups in total. The number of nitrogens with zero attached hydrogens (tertiary/aromatic N) is 4. The van der Waals surface area contributed by atoms with Gasteiger partial charge >= 0.3 is 0 Å². The maximum atomic E-state index is 13.1. The number of amides is 1. The molecule has 1 amide bonds. The van der Waals surface area contributed by atoms with Crippen LogP contribution in [0.3, 0.4) is 0 Å². The average molecular weight is 463 g/mol. The molecular weight excluding hydrogens is 438 g/mol. The minimum absolute atomic E-state index is 0.0906. The van der Waals surface area contributed by atoms with Crippen molar-refractivity contribution in [3.05, 3.63) is 53.4 Å². The highest BCUT2D eigenvalue weighted by molar-refractivity contribution is 6.09. The summed E-state index contributed by atoms with van der Waals surface area (Å²) in [4.78, 5) is 15.4. The summed E-state index contributed by atoms with van der Waals surface area (Å²) in [5.74, 6) is 1.21. The number of piperidine rings is 1. The molecule has 0 spiro atoms. The van der Waals surface area contributed by atoms with Crippen molar-refractivity contribution in [3.8, 4) is 11.5 Å². The Bertz CT molecular complexity index is 1310. The van der Waals surface area contributed by atoms with Gasteiger partial charge in [-0.05, 0) is 60.8 Å². The maximum Gasteiger partial charge on any atom is 0.278 e. The number of nitrogens with one attached hydrogen (secondary N) is 1. The minimum atomic E-state index is -0.439. The van der Waals surface area contributed by atoms with E-state index >= 15 is 0 Å². The highest BCUT2D eigenvalue weighted by Gasteiger charge is 2.24. The molecule has 1 saturated heterocycles. The number of anilines is 2. The Labute approximate surface area is 195 Å². The summed E-state index contributed by atoms with van der Waals surface area (Å²) >= 11 is 0. The summed E-state index contributed by atoms with van der Waals surface area (Å²) in [6.07, 6.45) is 3.50. The minimum Gasteiger partial charge on any atom is -0.493 e. The van der Waals surface area contributed by atoms with Gasteiger partial charge < -0.3 is 24.2 Å². The van der Waals surface area contributed by atoms with Crippen LogP contribution in [0.4, 0.5) is 11.4 Å². The monoisotopic (exact) mass is 463 g/mol. The van der Waals surface area contributed by atoms with Crippen LogP contribution in [0, 0.1) is 6.92 Å². The number of hydrogen-bond donors (Lipinski definition) is 1. The fourth-order valence-electron chi connectivity index (χ4n) is 4.15. The summed E-state index contributed by atoms with van der Waals surface area (Å²) < 4.78 is 21.5. The second-order valence-electron chi connectivity index (χ2n) is 8.10. The van der Waals surface area contributed by atoms with E-state index in [-0.39, 0.29) is 12.3 Å². The van der Waals surface area contributed by atoms with Crippen LogP contribution in [0.5, 0.6) is 11.5 Å². The number of aryl methyl sites for hydroxylation is 1. The topological polar surface area (TPSA) is 116 Å². The van der Waals surface area contributed by atoms with Gasteiger partial charge in [0.25, 0.3) is 5.91 Å². The third-order valence-electron chi connectivity index (χ3n) is 5.98. The smallest absolute Gasteiger partial charge is 0.278 e. The first-order valence-electron chi connectivity index (χ1n) is 11.2. The number of ether oxygens (including phenoxy) is 2. The number of hydrogen-bond acceptors (Lipinski definition) is 9. The third-order valence-corrected chi connectivity index (χ3v) is 5.98. The molecule has 10 nitrogen and oxygen atoms in total. The highest BCUT2D eigenvalue weighted by atomic mass is 16.6. The van der Waals surface area contributed by atoms with E-state index in [4.69, 9.17) is 18.6 Å². The molecule has 0 saturated carbocycles. The zero-order chi connectivity index (χ0) is 23.5. The zero-order valence-electron chi connectivity index (χ0n) is 19.0. The highest BCUT2D eigenvalue weighted by Crippen LogP contribution is 2.32. The molecule has 0 radical (unpaired) electrons.